The number of benzene rings is 1. The molecule has 0 amide bonds. The van der Waals surface area contributed by atoms with Gasteiger partial charge in [-0.1, -0.05) is 24.3 Å². The molecule has 2 rings (SSSR count). The highest BCUT2D eigenvalue weighted by molar-refractivity contribution is 7.58. The van der Waals surface area contributed by atoms with Crippen LogP contribution in [0.4, 0.5) is 0 Å². The molecule has 0 atom stereocenters. The number of hydrogen-bond acceptors (Lipinski definition) is 3. The van der Waals surface area contributed by atoms with Gasteiger partial charge >= 0.3 is 0 Å². The Kier molecular flexibility index (Phi) is 4.96. The summed E-state index contributed by atoms with van der Waals surface area (Å²) < 4.78 is 5.90. The average molecular weight is 335 g/mol. The fourth-order valence-electron chi connectivity index (χ4n) is 2.75. The van der Waals surface area contributed by atoms with Gasteiger partial charge in [-0.05, 0) is 42.3 Å². The van der Waals surface area contributed by atoms with Crippen molar-refractivity contribution in [3.63, 3.8) is 0 Å². The van der Waals surface area contributed by atoms with Crippen LogP contribution < -0.4 is 16.2 Å². The molecule has 0 spiro atoms. The first-order valence-corrected chi connectivity index (χ1v) is 8.74. The highest BCUT2D eigenvalue weighted by Crippen LogP contribution is 2.54. The van der Waals surface area contributed by atoms with E-state index in [1.165, 1.54) is 0 Å². The lowest BCUT2D eigenvalue weighted by atomic mass is 10.2. The smallest absolute Gasteiger partial charge is 0.218 e. The molecule has 2 aromatic carbocycles. The summed E-state index contributed by atoms with van der Waals surface area (Å²) in [5, 5.41) is 4.79. The van der Waals surface area contributed by atoms with E-state index >= 15 is 0 Å². The third-order valence-electron chi connectivity index (χ3n) is 3.72. The van der Waals surface area contributed by atoms with Crippen LogP contribution in [0.1, 0.15) is 0 Å². The molecule has 0 heterocycles. The van der Waals surface area contributed by atoms with Crippen LogP contribution in [0.25, 0.3) is 10.8 Å². The van der Waals surface area contributed by atoms with Gasteiger partial charge in [0.1, 0.15) is 0 Å². The second-order valence-electron chi connectivity index (χ2n) is 5.82. The van der Waals surface area contributed by atoms with E-state index in [2.05, 4.69) is 9.96 Å². The second-order valence-corrected chi connectivity index (χ2v) is 9.47. The van der Waals surface area contributed by atoms with Crippen molar-refractivity contribution in [2.24, 2.45) is 9.96 Å². The van der Waals surface area contributed by atoms with Crippen molar-refractivity contribution in [1.29, 1.82) is 0 Å². The quantitative estimate of drug-likeness (QED) is 0.613. The molecular weight excluding hydrogens is 313 g/mol. The van der Waals surface area contributed by atoms with Crippen LogP contribution in [-0.4, -0.2) is 56.3 Å². The number of fused-ring (bicyclic) bond motifs is 1. The Morgan fingerprint density at radius 3 is 1.52 bits per heavy atom. The van der Waals surface area contributed by atoms with Crippen LogP contribution in [0.3, 0.4) is 0 Å². The number of rotatable bonds is 4. The maximum Gasteiger partial charge on any atom is 0.218 e. The zero-order valence-corrected chi connectivity index (χ0v) is 15.2. The summed E-state index contributed by atoms with van der Waals surface area (Å²) in [4.78, 5) is 29.2. The molecule has 0 aliphatic heterocycles. The lowest BCUT2D eigenvalue weighted by Crippen LogP contribution is -2.33. The van der Waals surface area contributed by atoms with Crippen molar-refractivity contribution in [1.82, 2.24) is 14.0 Å². The van der Waals surface area contributed by atoms with E-state index < -0.39 is 7.51 Å². The SMILES string of the molecule is CN(C)P(=NN=c1c(=O)c2ccccc2c1=O)(N(C)C)N(C)C. The molecule has 0 fully saturated rings. The van der Waals surface area contributed by atoms with Gasteiger partial charge in [-0.3, -0.25) is 23.6 Å². The minimum absolute atomic E-state index is 0.110. The van der Waals surface area contributed by atoms with Crippen molar-refractivity contribution in [3.05, 3.63) is 50.1 Å². The zero-order valence-electron chi connectivity index (χ0n) is 14.3. The standard InChI is InChI=1S/C15H22N5O2P/c1-18(2)23(19(3)4,20(5)6)17-16-13-14(21)11-9-7-8-10-12(11)15(13)22/h7-10H,1-6H3. The summed E-state index contributed by atoms with van der Waals surface area (Å²) in [6.07, 6.45) is 0. The fourth-order valence-corrected chi connectivity index (χ4v) is 5.58. The molecule has 2 aromatic rings. The van der Waals surface area contributed by atoms with E-state index in [0.29, 0.717) is 10.8 Å². The Hall–Kier alpha value is -1.66. The van der Waals surface area contributed by atoms with Crippen LogP contribution in [0.5, 0.6) is 0 Å². The van der Waals surface area contributed by atoms with Crippen molar-refractivity contribution in [3.8, 4) is 0 Å². The summed E-state index contributed by atoms with van der Waals surface area (Å²) in [5.41, 5.74) is -0.715. The van der Waals surface area contributed by atoms with Crippen molar-refractivity contribution < 1.29 is 0 Å². The monoisotopic (exact) mass is 335 g/mol. The number of nitrogens with zero attached hydrogens (tertiary/aromatic N) is 5. The Bertz CT molecular complexity index is 845. The summed E-state index contributed by atoms with van der Waals surface area (Å²) in [7, 11) is 9.16. The molecule has 0 N–H and O–H groups in total. The van der Waals surface area contributed by atoms with Gasteiger partial charge < -0.3 is 0 Å². The van der Waals surface area contributed by atoms with Crippen LogP contribution in [0.15, 0.2) is 43.8 Å². The first kappa shape index (κ1) is 17.7. The van der Waals surface area contributed by atoms with Gasteiger partial charge in [0.2, 0.25) is 10.9 Å². The Labute approximate surface area is 135 Å². The highest BCUT2D eigenvalue weighted by atomic mass is 31.2. The van der Waals surface area contributed by atoms with Gasteiger partial charge in [0.05, 0.1) is 0 Å². The van der Waals surface area contributed by atoms with Crippen LogP contribution in [0.2, 0.25) is 0 Å². The lowest BCUT2D eigenvalue weighted by molar-refractivity contribution is 0.471. The van der Waals surface area contributed by atoms with Crippen molar-refractivity contribution in [2.45, 2.75) is 0 Å². The summed E-state index contributed by atoms with van der Waals surface area (Å²) in [6, 6.07) is 6.76. The van der Waals surface area contributed by atoms with E-state index in [-0.39, 0.29) is 16.2 Å². The molecule has 23 heavy (non-hydrogen) atoms. The Morgan fingerprint density at radius 2 is 1.17 bits per heavy atom. The molecule has 0 aliphatic rings. The van der Waals surface area contributed by atoms with E-state index in [0.717, 1.165) is 0 Å². The molecular formula is C15H22N5O2P. The van der Waals surface area contributed by atoms with Gasteiger partial charge in [-0.25, -0.2) is 0 Å². The summed E-state index contributed by atoms with van der Waals surface area (Å²) in [6.45, 7) is 0. The van der Waals surface area contributed by atoms with Gasteiger partial charge in [0, 0.05) is 10.8 Å². The zero-order chi connectivity index (χ0) is 17.4. The molecule has 0 bridgehead atoms. The van der Waals surface area contributed by atoms with Gasteiger partial charge in [0.15, 0.2) is 12.9 Å². The Morgan fingerprint density at radius 1 is 0.783 bits per heavy atom. The third kappa shape index (κ3) is 2.81. The topological polar surface area (TPSA) is 68.6 Å². The third-order valence-corrected chi connectivity index (χ3v) is 7.27. The van der Waals surface area contributed by atoms with Crippen LogP contribution >= 0.6 is 7.51 Å². The maximum absolute atomic E-state index is 12.4. The average Bonchev–Trinajstić information content (AvgIpc) is 2.72. The number of hydrogen-bond donors (Lipinski definition) is 0. The summed E-state index contributed by atoms with van der Waals surface area (Å²) in [5.74, 6) is 0. The minimum atomic E-state index is -2.28. The van der Waals surface area contributed by atoms with Crippen molar-refractivity contribution in [2.75, 3.05) is 42.3 Å². The minimum Gasteiger partial charge on any atom is -0.287 e. The van der Waals surface area contributed by atoms with Gasteiger partial charge in [-0.15, -0.1) is 9.96 Å². The van der Waals surface area contributed by atoms with Crippen LogP contribution in [-0.2, 0) is 0 Å². The van der Waals surface area contributed by atoms with E-state index in [4.69, 9.17) is 0 Å². The predicted octanol–water partition coefficient (Wildman–Crippen LogP) is 0.882. The molecule has 8 heteroatoms. The Balaban J connectivity index is 2.85. The molecule has 0 radical (unpaired) electrons. The predicted molar refractivity (Wildman–Crippen MR) is 94.8 cm³/mol. The van der Waals surface area contributed by atoms with E-state index in [9.17, 15) is 9.59 Å². The molecule has 124 valence electrons. The molecule has 0 aromatic heterocycles. The van der Waals surface area contributed by atoms with E-state index in [1.807, 2.05) is 56.3 Å². The van der Waals surface area contributed by atoms with Crippen LogP contribution in [0, 0.1) is 0 Å². The maximum atomic E-state index is 12.4. The largest absolute Gasteiger partial charge is 0.287 e. The molecule has 0 aliphatic carbocycles. The first-order valence-electron chi connectivity index (χ1n) is 7.14. The highest BCUT2D eigenvalue weighted by Gasteiger charge is 2.28. The van der Waals surface area contributed by atoms with E-state index in [1.54, 1.807) is 24.3 Å². The molecule has 0 saturated heterocycles. The lowest BCUT2D eigenvalue weighted by Gasteiger charge is -2.39. The van der Waals surface area contributed by atoms with Gasteiger partial charge in [-0.2, -0.15) is 0 Å². The second kappa shape index (κ2) is 6.45. The van der Waals surface area contributed by atoms with Gasteiger partial charge in [0.25, 0.3) is 0 Å². The fraction of sp³-hybridized carbons (Fsp3) is 0.400. The molecule has 0 unspecified atom stereocenters. The molecule has 7 nitrogen and oxygen atoms in total. The molecule has 0 saturated carbocycles. The van der Waals surface area contributed by atoms with Crippen molar-refractivity contribution >= 4 is 18.3 Å². The summed E-state index contributed by atoms with van der Waals surface area (Å²) >= 11 is 0. The normalized spacial score (nSPS) is 12.6. The first-order chi connectivity index (χ1) is 10.7.